The molecule has 0 heterocycles. The molecule has 0 bridgehead atoms. The molecule has 1 aliphatic rings. The van der Waals surface area contributed by atoms with Crippen molar-refractivity contribution in [3.8, 4) is 0 Å². The van der Waals surface area contributed by atoms with Gasteiger partial charge in [0.25, 0.3) is 0 Å². The van der Waals surface area contributed by atoms with E-state index in [1.54, 1.807) is 5.56 Å². The van der Waals surface area contributed by atoms with E-state index in [0.29, 0.717) is 5.41 Å². The second-order valence-electron chi connectivity index (χ2n) is 6.63. The lowest BCUT2D eigenvalue weighted by atomic mass is 9.92. The normalized spacial score (nSPS) is 17.2. The average molecular weight is 245 g/mol. The van der Waals surface area contributed by atoms with Crippen LogP contribution in [0.4, 0.5) is 0 Å². The fraction of sp³-hybridized carbons (Fsp3) is 0.647. The van der Waals surface area contributed by atoms with Crippen LogP contribution in [0, 0.1) is 25.2 Å². The second-order valence-corrected chi connectivity index (χ2v) is 6.63. The third-order valence-electron chi connectivity index (χ3n) is 4.08. The van der Waals surface area contributed by atoms with Crippen LogP contribution in [0.3, 0.4) is 0 Å². The monoisotopic (exact) mass is 245 g/mol. The number of nitrogens with one attached hydrogen (secondary N) is 1. The van der Waals surface area contributed by atoms with E-state index in [0.717, 1.165) is 12.5 Å². The van der Waals surface area contributed by atoms with E-state index >= 15 is 0 Å². The highest BCUT2D eigenvalue weighted by molar-refractivity contribution is 5.32. The van der Waals surface area contributed by atoms with Gasteiger partial charge in [0.2, 0.25) is 0 Å². The first-order valence-corrected chi connectivity index (χ1v) is 7.28. The van der Waals surface area contributed by atoms with Gasteiger partial charge >= 0.3 is 0 Å². The Morgan fingerprint density at radius 3 is 2.56 bits per heavy atom. The third-order valence-corrected chi connectivity index (χ3v) is 4.08. The molecule has 1 N–H and O–H groups in total. The maximum atomic E-state index is 3.64. The molecule has 0 amide bonds. The van der Waals surface area contributed by atoms with Crippen molar-refractivity contribution in [2.75, 3.05) is 13.1 Å². The lowest BCUT2D eigenvalue weighted by Crippen LogP contribution is -2.28. The number of rotatable bonds is 6. The van der Waals surface area contributed by atoms with Gasteiger partial charge in [-0.3, -0.25) is 0 Å². The van der Waals surface area contributed by atoms with Crippen molar-refractivity contribution < 1.29 is 0 Å². The van der Waals surface area contributed by atoms with Gasteiger partial charge in [0.15, 0.2) is 0 Å². The van der Waals surface area contributed by atoms with Crippen molar-refractivity contribution >= 4 is 0 Å². The zero-order valence-corrected chi connectivity index (χ0v) is 12.3. The zero-order chi connectivity index (χ0) is 13.2. The Hall–Kier alpha value is -0.820. The Labute approximate surface area is 112 Å². The Bertz CT molecular complexity index is 402. The summed E-state index contributed by atoms with van der Waals surface area (Å²) >= 11 is 0. The summed E-state index contributed by atoms with van der Waals surface area (Å²) in [6.07, 6.45) is 4.04. The summed E-state index contributed by atoms with van der Waals surface area (Å²) in [7, 11) is 0. The van der Waals surface area contributed by atoms with Crippen molar-refractivity contribution in [2.45, 2.75) is 47.0 Å². The molecule has 0 atom stereocenters. The van der Waals surface area contributed by atoms with Gasteiger partial charge < -0.3 is 5.32 Å². The molecule has 0 saturated heterocycles. The van der Waals surface area contributed by atoms with E-state index in [9.17, 15) is 0 Å². The van der Waals surface area contributed by atoms with Crippen LogP contribution in [-0.4, -0.2) is 13.1 Å². The molecule has 100 valence electrons. The molecule has 1 aliphatic carbocycles. The van der Waals surface area contributed by atoms with Crippen molar-refractivity contribution in [3.05, 3.63) is 34.9 Å². The largest absolute Gasteiger partial charge is 0.316 e. The SMILES string of the molecule is Cc1ccc(C)c(CC2(CNCC(C)C)CC2)c1. The average Bonchev–Trinajstić information content (AvgIpc) is 3.03. The lowest BCUT2D eigenvalue weighted by molar-refractivity contribution is 0.431. The molecule has 2 rings (SSSR count). The van der Waals surface area contributed by atoms with Crippen LogP contribution in [0.2, 0.25) is 0 Å². The first-order chi connectivity index (χ1) is 8.51. The summed E-state index contributed by atoms with van der Waals surface area (Å²) < 4.78 is 0. The smallest absolute Gasteiger partial charge is 0.00111 e. The molecule has 1 nitrogen and oxygen atoms in total. The van der Waals surface area contributed by atoms with Gasteiger partial charge in [0.05, 0.1) is 0 Å². The standard InChI is InChI=1S/C17H27N/c1-13(2)11-18-12-17(7-8-17)10-16-9-14(3)5-6-15(16)4/h5-6,9,13,18H,7-8,10-12H2,1-4H3. The van der Waals surface area contributed by atoms with Gasteiger partial charge in [-0.05, 0) is 62.1 Å². The van der Waals surface area contributed by atoms with Crippen LogP contribution in [0.5, 0.6) is 0 Å². The highest BCUT2D eigenvalue weighted by Gasteiger charge is 2.42. The van der Waals surface area contributed by atoms with Crippen molar-refractivity contribution in [1.29, 1.82) is 0 Å². The topological polar surface area (TPSA) is 12.0 Å². The Morgan fingerprint density at radius 2 is 1.94 bits per heavy atom. The van der Waals surface area contributed by atoms with Crippen LogP contribution in [0.1, 0.15) is 43.4 Å². The highest BCUT2D eigenvalue weighted by Crippen LogP contribution is 2.48. The van der Waals surface area contributed by atoms with E-state index in [-0.39, 0.29) is 0 Å². The van der Waals surface area contributed by atoms with Gasteiger partial charge in [-0.1, -0.05) is 37.6 Å². The Balaban J connectivity index is 1.94. The second kappa shape index (κ2) is 5.44. The van der Waals surface area contributed by atoms with Crippen molar-refractivity contribution in [2.24, 2.45) is 11.3 Å². The molecule has 0 unspecified atom stereocenters. The number of benzene rings is 1. The van der Waals surface area contributed by atoms with Gasteiger partial charge in [-0.2, -0.15) is 0 Å². The van der Waals surface area contributed by atoms with Crippen LogP contribution in [0.25, 0.3) is 0 Å². The molecule has 18 heavy (non-hydrogen) atoms. The fourth-order valence-electron chi connectivity index (χ4n) is 2.61. The molecular weight excluding hydrogens is 218 g/mol. The molecule has 0 aromatic heterocycles. The van der Waals surface area contributed by atoms with E-state index in [1.165, 1.54) is 36.9 Å². The summed E-state index contributed by atoms with van der Waals surface area (Å²) in [6, 6.07) is 6.86. The Kier molecular flexibility index (Phi) is 4.11. The fourth-order valence-corrected chi connectivity index (χ4v) is 2.61. The summed E-state index contributed by atoms with van der Waals surface area (Å²) in [5.41, 5.74) is 4.96. The number of aryl methyl sites for hydroxylation is 2. The molecule has 0 spiro atoms. The first-order valence-electron chi connectivity index (χ1n) is 7.28. The minimum absolute atomic E-state index is 0.563. The minimum atomic E-state index is 0.563. The van der Waals surface area contributed by atoms with E-state index in [4.69, 9.17) is 0 Å². The van der Waals surface area contributed by atoms with Crippen LogP contribution in [0.15, 0.2) is 18.2 Å². The van der Waals surface area contributed by atoms with E-state index in [2.05, 4.69) is 51.2 Å². The number of hydrogen-bond donors (Lipinski definition) is 1. The van der Waals surface area contributed by atoms with Crippen LogP contribution >= 0.6 is 0 Å². The molecule has 1 saturated carbocycles. The molecule has 0 aliphatic heterocycles. The van der Waals surface area contributed by atoms with Crippen LogP contribution in [-0.2, 0) is 6.42 Å². The van der Waals surface area contributed by atoms with Gasteiger partial charge in [0, 0.05) is 6.54 Å². The van der Waals surface area contributed by atoms with E-state index in [1.807, 2.05) is 0 Å². The predicted octanol–water partition coefficient (Wildman–Crippen LogP) is 3.87. The first kappa shape index (κ1) is 13.6. The maximum absolute atomic E-state index is 3.64. The zero-order valence-electron chi connectivity index (χ0n) is 12.3. The summed E-state index contributed by atoms with van der Waals surface area (Å²) in [5.74, 6) is 0.751. The molecule has 1 heteroatoms. The quantitative estimate of drug-likeness (QED) is 0.802. The Morgan fingerprint density at radius 1 is 1.22 bits per heavy atom. The summed E-state index contributed by atoms with van der Waals surface area (Å²) in [5, 5.41) is 3.64. The molecule has 0 radical (unpaired) electrons. The van der Waals surface area contributed by atoms with Gasteiger partial charge in [-0.25, -0.2) is 0 Å². The summed E-state index contributed by atoms with van der Waals surface area (Å²) in [4.78, 5) is 0. The highest BCUT2D eigenvalue weighted by atomic mass is 14.9. The third kappa shape index (κ3) is 3.58. The van der Waals surface area contributed by atoms with Gasteiger partial charge in [-0.15, -0.1) is 0 Å². The molecule has 1 aromatic rings. The molecular formula is C17H27N. The van der Waals surface area contributed by atoms with Crippen LogP contribution < -0.4 is 5.32 Å². The van der Waals surface area contributed by atoms with Crippen molar-refractivity contribution in [1.82, 2.24) is 5.32 Å². The van der Waals surface area contributed by atoms with Crippen molar-refractivity contribution in [3.63, 3.8) is 0 Å². The predicted molar refractivity (Wildman–Crippen MR) is 79.0 cm³/mol. The maximum Gasteiger partial charge on any atom is 0.00111 e. The lowest BCUT2D eigenvalue weighted by Gasteiger charge is -2.18. The molecule has 1 aromatic carbocycles. The van der Waals surface area contributed by atoms with E-state index < -0.39 is 0 Å². The van der Waals surface area contributed by atoms with Gasteiger partial charge in [0.1, 0.15) is 0 Å². The minimum Gasteiger partial charge on any atom is -0.316 e. The molecule has 1 fully saturated rings. The summed E-state index contributed by atoms with van der Waals surface area (Å²) in [6.45, 7) is 11.3. The number of hydrogen-bond acceptors (Lipinski definition) is 1.